The number of aryl methyl sites for hydroxylation is 1. The van der Waals surface area contributed by atoms with Gasteiger partial charge >= 0.3 is 5.97 Å². The molecule has 0 atom stereocenters. The van der Waals surface area contributed by atoms with Crippen LogP contribution in [0.1, 0.15) is 35.7 Å². The minimum atomic E-state index is -1.02. The molecular formula is C12H17NO4. The second-order valence-corrected chi connectivity index (χ2v) is 4.34. The summed E-state index contributed by atoms with van der Waals surface area (Å²) in [5.41, 5.74) is 0.144. The number of hydrogen-bond donors (Lipinski definition) is 1. The Morgan fingerprint density at radius 1 is 1.47 bits per heavy atom. The van der Waals surface area contributed by atoms with Crippen LogP contribution in [0.15, 0.2) is 10.5 Å². The Morgan fingerprint density at radius 2 is 2.06 bits per heavy atom. The minimum Gasteiger partial charge on any atom is -0.478 e. The highest BCUT2D eigenvalue weighted by molar-refractivity contribution is 5.88. The van der Waals surface area contributed by atoms with Crippen molar-refractivity contribution in [1.82, 2.24) is 4.90 Å². The first-order chi connectivity index (χ1) is 7.82. The number of rotatable bonds is 4. The standard InChI is InChI=1S/C12H17NO4/c1-7(2)11(14)13(4)6-9-5-10(12(15)16)8(3)17-9/h5,7H,6H2,1-4H3,(H,15,16). The number of nitrogens with zero attached hydrogens (tertiary/aromatic N) is 1. The molecule has 94 valence electrons. The summed E-state index contributed by atoms with van der Waals surface area (Å²) in [5, 5.41) is 8.87. The SMILES string of the molecule is Cc1oc(CN(C)C(=O)C(C)C)cc1C(=O)O. The highest BCUT2D eigenvalue weighted by Gasteiger charge is 2.18. The molecule has 0 aliphatic rings. The number of carboxylic acid groups (broad SMARTS) is 1. The molecule has 0 aliphatic carbocycles. The van der Waals surface area contributed by atoms with Crippen LogP contribution in [0.4, 0.5) is 0 Å². The largest absolute Gasteiger partial charge is 0.478 e. The fraction of sp³-hybridized carbons (Fsp3) is 0.500. The molecule has 0 unspecified atom stereocenters. The molecule has 0 saturated heterocycles. The molecule has 1 aromatic rings. The van der Waals surface area contributed by atoms with Crippen LogP contribution in [-0.4, -0.2) is 28.9 Å². The van der Waals surface area contributed by atoms with Gasteiger partial charge in [0.25, 0.3) is 0 Å². The molecule has 5 nitrogen and oxygen atoms in total. The molecule has 0 fully saturated rings. The molecule has 0 radical (unpaired) electrons. The third-order valence-corrected chi connectivity index (χ3v) is 2.46. The molecule has 1 aromatic heterocycles. The summed E-state index contributed by atoms with van der Waals surface area (Å²) in [7, 11) is 1.67. The summed E-state index contributed by atoms with van der Waals surface area (Å²) in [6.07, 6.45) is 0. The van der Waals surface area contributed by atoms with Crippen molar-refractivity contribution in [1.29, 1.82) is 0 Å². The van der Waals surface area contributed by atoms with Crippen LogP contribution in [0.2, 0.25) is 0 Å². The average Bonchev–Trinajstić information content (AvgIpc) is 2.58. The predicted octanol–water partition coefficient (Wildman–Crippen LogP) is 1.90. The Kier molecular flexibility index (Phi) is 3.93. The second-order valence-electron chi connectivity index (χ2n) is 4.34. The number of amides is 1. The molecule has 5 heteroatoms. The molecule has 1 amide bonds. The zero-order valence-corrected chi connectivity index (χ0v) is 10.5. The van der Waals surface area contributed by atoms with Gasteiger partial charge in [0.1, 0.15) is 17.1 Å². The van der Waals surface area contributed by atoms with E-state index in [2.05, 4.69) is 0 Å². The zero-order valence-electron chi connectivity index (χ0n) is 10.5. The monoisotopic (exact) mass is 239 g/mol. The first kappa shape index (κ1) is 13.3. The van der Waals surface area contributed by atoms with Crippen LogP contribution in [0.25, 0.3) is 0 Å². The number of carbonyl (C=O) groups is 2. The van der Waals surface area contributed by atoms with Crippen molar-refractivity contribution in [3.05, 3.63) is 23.2 Å². The highest BCUT2D eigenvalue weighted by atomic mass is 16.4. The van der Waals surface area contributed by atoms with Crippen molar-refractivity contribution in [3.8, 4) is 0 Å². The molecule has 17 heavy (non-hydrogen) atoms. The number of hydrogen-bond acceptors (Lipinski definition) is 3. The van der Waals surface area contributed by atoms with E-state index in [1.54, 1.807) is 14.0 Å². The Hall–Kier alpha value is -1.78. The van der Waals surface area contributed by atoms with E-state index in [1.807, 2.05) is 13.8 Å². The van der Waals surface area contributed by atoms with Crippen LogP contribution in [0, 0.1) is 12.8 Å². The Balaban J connectivity index is 2.79. The molecule has 0 aromatic carbocycles. The van der Waals surface area contributed by atoms with Gasteiger partial charge in [0, 0.05) is 13.0 Å². The summed E-state index contributed by atoms with van der Waals surface area (Å²) in [4.78, 5) is 24.0. The maximum atomic E-state index is 11.6. The average molecular weight is 239 g/mol. The van der Waals surface area contributed by atoms with Gasteiger partial charge in [-0.3, -0.25) is 4.79 Å². The smallest absolute Gasteiger partial charge is 0.339 e. The fourth-order valence-corrected chi connectivity index (χ4v) is 1.59. The van der Waals surface area contributed by atoms with E-state index in [1.165, 1.54) is 11.0 Å². The second kappa shape index (κ2) is 5.03. The third-order valence-electron chi connectivity index (χ3n) is 2.46. The molecule has 1 rings (SSSR count). The van der Waals surface area contributed by atoms with Gasteiger partial charge in [0.2, 0.25) is 5.91 Å². The first-order valence-electron chi connectivity index (χ1n) is 5.40. The van der Waals surface area contributed by atoms with Crippen LogP contribution in [-0.2, 0) is 11.3 Å². The predicted molar refractivity (Wildman–Crippen MR) is 61.7 cm³/mol. The lowest BCUT2D eigenvalue weighted by molar-refractivity contribution is -0.133. The third kappa shape index (κ3) is 3.09. The number of furan rings is 1. The van der Waals surface area contributed by atoms with Crippen molar-refractivity contribution in [2.45, 2.75) is 27.3 Å². The summed E-state index contributed by atoms with van der Waals surface area (Å²) in [5.74, 6) is -0.268. The number of aromatic carboxylic acids is 1. The van der Waals surface area contributed by atoms with Gasteiger partial charge < -0.3 is 14.4 Å². The first-order valence-corrected chi connectivity index (χ1v) is 5.40. The van der Waals surface area contributed by atoms with Crippen LogP contribution < -0.4 is 0 Å². The summed E-state index contributed by atoms with van der Waals surface area (Å²) < 4.78 is 5.30. The lowest BCUT2D eigenvalue weighted by Crippen LogP contribution is -2.29. The van der Waals surface area contributed by atoms with E-state index in [0.29, 0.717) is 11.5 Å². The molecule has 0 bridgehead atoms. The summed E-state index contributed by atoms with van der Waals surface area (Å²) in [6.45, 7) is 5.51. The molecule has 1 heterocycles. The van der Waals surface area contributed by atoms with E-state index in [0.717, 1.165) is 0 Å². The van der Waals surface area contributed by atoms with E-state index in [4.69, 9.17) is 9.52 Å². The van der Waals surface area contributed by atoms with E-state index in [-0.39, 0.29) is 23.9 Å². The Morgan fingerprint density at radius 3 is 2.47 bits per heavy atom. The normalized spacial score (nSPS) is 10.6. The Labute approximate surface area is 100 Å². The fourth-order valence-electron chi connectivity index (χ4n) is 1.59. The van der Waals surface area contributed by atoms with Crippen molar-refractivity contribution < 1.29 is 19.1 Å². The number of carboxylic acids is 1. The van der Waals surface area contributed by atoms with Gasteiger partial charge in [-0.05, 0) is 13.0 Å². The van der Waals surface area contributed by atoms with Crippen molar-refractivity contribution in [2.75, 3.05) is 7.05 Å². The van der Waals surface area contributed by atoms with Crippen molar-refractivity contribution >= 4 is 11.9 Å². The van der Waals surface area contributed by atoms with E-state index < -0.39 is 5.97 Å². The van der Waals surface area contributed by atoms with E-state index in [9.17, 15) is 9.59 Å². The summed E-state index contributed by atoms with van der Waals surface area (Å²) >= 11 is 0. The van der Waals surface area contributed by atoms with E-state index >= 15 is 0 Å². The lowest BCUT2D eigenvalue weighted by Gasteiger charge is -2.17. The van der Waals surface area contributed by atoms with Gasteiger partial charge in [-0.2, -0.15) is 0 Å². The van der Waals surface area contributed by atoms with Crippen molar-refractivity contribution in [2.24, 2.45) is 5.92 Å². The maximum Gasteiger partial charge on any atom is 0.339 e. The van der Waals surface area contributed by atoms with Crippen molar-refractivity contribution in [3.63, 3.8) is 0 Å². The molecular weight excluding hydrogens is 222 g/mol. The van der Waals surface area contributed by atoms with Gasteiger partial charge in [-0.15, -0.1) is 0 Å². The van der Waals surface area contributed by atoms with Crippen LogP contribution >= 0.6 is 0 Å². The van der Waals surface area contributed by atoms with Crippen LogP contribution in [0.5, 0.6) is 0 Å². The lowest BCUT2D eigenvalue weighted by atomic mass is 10.2. The minimum absolute atomic E-state index is 0.00377. The van der Waals surface area contributed by atoms with Gasteiger partial charge in [-0.25, -0.2) is 4.79 Å². The molecule has 0 saturated carbocycles. The zero-order chi connectivity index (χ0) is 13.2. The maximum absolute atomic E-state index is 11.6. The van der Waals surface area contributed by atoms with Gasteiger partial charge in [0.15, 0.2) is 0 Å². The van der Waals surface area contributed by atoms with Crippen LogP contribution in [0.3, 0.4) is 0 Å². The highest BCUT2D eigenvalue weighted by Crippen LogP contribution is 2.16. The molecule has 0 spiro atoms. The molecule has 1 N–H and O–H groups in total. The molecule has 0 aliphatic heterocycles. The summed E-state index contributed by atoms with van der Waals surface area (Å²) in [6, 6.07) is 1.46. The van der Waals surface area contributed by atoms with Gasteiger partial charge in [0.05, 0.1) is 6.54 Å². The Bertz CT molecular complexity index is 434. The number of carbonyl (C=O) groups excluding carboxylic acids is 1. The van der Waals surface area contributed by atoms with Gasteiger partial charge in [-0.1, -0.05) is 13.8 Å². The quantitative estimate of drug-likeness (QED) is 0.871. The topological polar surface area (TPSA) is 70.8 Å².